The van der Waals surface area contributed by atoms with Crippen molar-refractivity contribution in [1.82, 2.24) is 40.1 Å². The van der Waals surface area contributed by atoms with Crippen molar-refractivity contribution in [3.63, 3.8) is 0 Å². The number of thiophene rings is 1. The third-order valence-corrected chi connectivity index (χ3v) is 12.2. The van der Waals surface area contributed by atoms with Crippen LogP contribution >= 0.6 is 34.5 Å². The van der Waals surface area contributed by atoms with Crippen LogP contribution in [0, 0.1) is 0 Å². The van der Waals surface area contributed by atoms with E-state index in [-0.39, 0.29) is 30.2 Å². The molecular formula is C42H55Cl2N9O6S. The number of piperazine rings is 1. The van der Waals surface area contributed by atoms with E-state index in [1.54, 1.807) is 42.9 Å². The molecule has 2 aliphatic rings. The molecule has 2 aliphatic heterocycles. The number of hydrogen-bond donors (Lipinski definition) is 4. The van der Waals surface area contributed by atoms with Gasteiger partial charge in [-0.1, -0.05) is 55.5 Å². The van der Waals surface area contributed by atoms with Crippen molar-refractivity contribution < 1.29 is 29.1 Å². The molecule has 0 radical (unpaired) electrons. The maximum absolute atomic E-state index is 12.4. The summed E-state index contributed by atoms with van der Waals surface area (Å²) >= 11 is 14.5. The second kappa shape index (κ2) is 22.7. The Labute approximate surface area is 364 Å². The Balaban J connectivity index is 0.000000241. The van der Waals surface area contributed by atoms with Gasteiger partial charge in [-0.05, 0) is 51.2 Å². The Morgan fingerprint density at radius 3 is 2.60 bits per heavy atom. The number of unbranched alkanes of at least 4 members (excludes halogenated alkanes) is 3. The van der Waals surface area contributed by atoms with Gasteiger partial charge in [0.2, 0.25) is 30.0 Å². The van der Waals surface area contributed by atoms with Crippen molar-refractivity contribution in [2.75, 3.05) is 71.4 Å². The predicted molar refractivity (Wildman–Crippen MR) is 236 cm³/mol. The molecule has 0 saturated carbocycles. The Hall–Kier alpha value is -4.74. The second-order valence-corrected chi connectivity index (χ2v) is 16.9. The first-order valence-electron chi connectivity index (χ1n) is 20.3. The number of H-pyrrole nitrogens is 1. The van der Waals surface area contributed by atoms with Crippen LogP contribution in [0.5, 0.6) is 0 Å². The molecule has 6 rings (SSSR count). The standard InChI is InChI=1S/C25H31Cl2N5O3.C17H24N4O3S/c1-2-3-4-5-6-21(34)28-9-12-32-11-8-20(30-32)16-13-18(26)24(27)25-23(16)17-14-31(22(35)15-33)10-7-19(17)29-25;1-19(2)9-3-4-15(23)20-10-11-21(16(24)12-20)17-6-5-14(25-17)7-8-18-13-22/h8,11,13,29,33H,2-7,9-10,12,14-15H2,1H3,(H,28,34);3-6,13H,7-12H2,1-2H3,(H,18,22)/b;4-3+. The Morgan fingerprint density at radius 2 is 1.87 bits per heavy atom. The average Bonchev–Trinajstić information content (AvgIpc) is 4.00. The SMILES string of the molecule is CCCCCCC(=O)NCCn1ccc(-c2cc(Cl)c(Cl)c3[nH]c4c(c23)CN(C(=O)CO)CC4)n1.CN(C)C/C=C/C(=O)N1CCN(c2ccc(CCNC=O)s2)C(=O)C1. The molecule has 1 saturated heterocycles. The molecule has 0 spiro atoms. The zero-order valence-electron chi connectivity index (χ0n) is 34.5. The van der Waals surface area contributed by atoms with Gasteiger partial charge in [-0.3, -0.25) is 28.7 Å². The lowest BCUT2D eigenvalue weighted by Gasteiger charge is -2.33. The lowest BCUT2D eigenvalue weighted by Crippen LogP contribution is -2.51. The van der Waals surface area contributed by atoms with Gasteiger partial charge >= 0.3 is 0 Å². The van der Waals surface area contributed by atoms with Crippen molar-refractivity contribution >= 4 is 80.5 Å². The maximum atomic E-state index is 12.4. The molecule has 1 fully saturated rings. The predicted octanol–water partition coefficient (Wildman–Crippen LogP) is 4.63. The number of halogens is 2. The number of nitrogens with one attached hydrogen (secondary N) is 3. The number of amides is 5. The summed E-state index contributed by atoms with van der Waals surface area (Å²) in [7, 11) is 3.86. The Morgan fingerprint density at radius 1 is 1.05 bits per heavy atom. The normalized spacial score (nSPS) is 14.1. The number of aromatic amines is 1. The Bertz CT molecular complexity index is 2150. The first kappa shape index (κ1) is 46.3. The maximum Gasteiger partial charge on any atom is 0.248 e. The molecule has 1 aromatic carbocycles. The second-order valence-electron chi connectivity index (χ2n) is 14.9. The zero-order valence-corrected chi connectivity index (χ0v) is 36.8. The molecule has 0 bridgehead atoms. The molecule has 0 atom stereocenters. The minimum atomic E-state index is -0.517. The van der Waals surface area contributed by atoms with Crippen LogP contribution in [0.2, 0.25) is 10.0 Å². The van der Waals surface area contributed by atoms with E-state index < -0.39 is 6.61 Å². The number of nitrogens with zero attached hydrogens (tertiary/aromatic N) is 6. The van der Waals surface area contributed by atoms with E-state index in [1.165, 1.54) is 6.08 Å². The number of hydrogen-bond acceptors (Lipinski definition) is 9. The first-order valence-corrected chi connectivity index (χ1v) is 21.9. The largest absolute Gasteiger partial charge is 0.387 e. The van der Waals surface area contributed by atoms with Gasteiger partial charge in [0.25, 0.3) is 0 Å². The van der Waals surface area contributed by atoms with Gasteiger partial charge in [-0.2, -0.15) is 5.10 Å². The van der Waals surface area contributed by atoms with Crippen molar-refractivity contribution in [3.05, 3.63) is 68.8 Å². The highest BCUT2D eigenvalue weighted by atomic mass is 35.5. The Kier molecular flexibility index (Phi) is 17.6. The zero-order chi connectivity index (χ0) is 43.2. The number of aromatic nitrogens is 3. The number of aliphatic hydroxyl groups excluding tert-OH is 1. The number of carbonyl (C=O) groups is 5. The average molecular weight is 885 g/mol. The van der Waals surface area contributed by atoms with Crippen LogP contribution in [-0.4, -0.2) is 131 Å². The highest BCUT2D eigenvalue weighted by Crippen LogP contribution is 2.42. The van der Waals surface area contributed by atoms with Crippen LogP contribution < -0.4 is 15.5 Å². The van der Waals surface area contributed by atoms with Crippen molar-refractivity contribution in [2.24, 2.45) is 0 Å². The number of aliphatic hydroxyl groups is 1. The van der Waals surface area contributed by atoms with Gasteiger partial charge in [-0.25, -0.2) is 0 Å². The summed E-state index contributed by atoms with van der Waals surface area (Å²) < 4.78 is 1.79. The van der Waals surface area contributed by atoms with Crippen LogP contribution in [0.4, 0.5) is 5.00 Å². The third-order valence-electron chi connectivity index (χ3n) is 10.2. The molecule has 324 valence electrons. The molecule has 4 aromatic rings. The quantitative estimate of drug-likeness (QED) is 0.0636. The van der Waals surface area contributed by atoms with Crippen LogP contribution in [0.15, 0.2) is 42.6 Å². The van der Waals surface area contributed by atoms with E-state index in [4.69, 9.17) is 28.3 Å². The third kappa shape index (κ3) is 12.4. The fourth-order valence-corrected chi connectivity index (χ4v) is 8.51. The summed E-state index contributed by atoms with van der Waals surface area (Å²) in [5.74, 6) is -0.425. The fraction of sp³-hybridized carbons (Fsp3) is 0.476. The van der Waals surface area contributed by atoms with Gasteiger partial charge in [-0.15, -0.1) is 11.3 Å². The summed E-state index contributed by atoms with van der Waals surface area (Å²) in [6, 6.07) is 7.61. The van der Waals surface area contributed by atoms with Crippen molar-refractivity contribution in [2.45, 2.75) is 65.0 Å². The van der Waals surface area contributed by atoms with E-state index in [2.05, 4.69) is 22.5 Å². The lowest BCUT2D eigenvalue weighted by molar-refractivity contribution is -0.135. The van der Waals surface area contributed by atoms with Crippen LogP contribution in [0.25, 0.3) is 22.2 Å². The molecule has 15 nitrogen and oxygen atoms in total. The van der Waals surface area contributed by atoms with E-state index in [0.717, 1.165) is 75.4 Å². The number of carbonyl (C=O) groups excluding carboxylic acids is 5. The highest BCUT2D eigenvalue weighted by molar-refractivity contribution is 7.16. The molecule has 60 heavy (non-hydrogen) atoms. The first-order chi connectivity index (χ1) is 28.9. The summed E-state index contributed by atoms with van der Waals surface area (Å²) in [5, 5.41) is 22.2. The molecule has 3 aromatic heterocycles. The van der Waals surface area contributed by atoms with Crippen molar-refractivity contribution in [1.29, 1.82) is 0 Å². The van der Waals surface area contributed by atoms with Crippen LogP contribution in [0.3, 0.4) is 0 Å². The van der Waals surface area contributed by atoms with Gasteiger partial charge in [0.15, 0.2) is 0 Å². The molecule has 0 aliphatic carbocycles. The minimum absolute atomic E-state index is 0.0694. The topological polar surface area (TPSA) is 176 Å². The van der Waals surface area contributed by atoms with E-state index in [1.807, 2.05) is 43.4 Å². The molecule has 18 heteroatoms. The van der Waals surface area contributed by atoms with E-state index >= 15 is 0 Å². The lowest BCUT2D eigenvalue weighted by atomic mass is 9.99. The smallest absolute Gasteiger partial charge is 0.248 e. The fourth-order valence-electron chi connectivity index (χ4n) is 7.06. The number of fused-ring (bicyclic) bond motifs is 3. The summed E-state index contributed by atoms with van der Waals surface area (Å²) in [6.07, 6.45) is 12.1. The van der Waals surface area contributed by atoms with E-state index in [9.17, 15) is 29.1 Å². The van der Waals surface area contributed by atoms with Gasteiger partial charge < -0.3 is 40.3 Å². The summed E-state index contributed by atoms with van der Waals surface area (Å²) in [4.78, 5) is 70.4. The van der Waals surface area contributed by atoms with Gasteiger partial charge in [0.05, 0.1) is 32.8 Å². The molecule has 4 N–H and O–H groups in total. The van der Waals surface area contributed by atoms with Crippen LogP contribution in [0.1, 0.15) is 55.2 Å². The molecule has 0 unspecified atom stereocenters. The summed E-state index contributed by atoms with van der Waals surface area (Å²) in [5.41, 5.74) is 4.25. The number of benzene rings is 1. The number of rotatable bonds is 18. The van der Waals surface area contributed by atoms with E-state index in [0.29, 0.717) is 81.7 Å². The van der Waals surface area contributed by atoms with Gasteiger partial charge in [0, 0.05) is 98.0 Å². The van der Waals surface area contributed by atoms with Gasteiger partial charge in [0.1, 0.15) is 13.2 Å². The minimum Gasteiger partial charge on any atom is -0.387 e. The highest BCUT2D eigenvalue weighted by Gasteiger charge is 2.29. The number of likely N-dealkylation sites (N-methyl/N-ethyl adjacent to an activating group) is 1. The molecular weight excluding hydrogens is 829 g/mol. The van der Waals surface area contributed by atoms with Crippen molar-refractivity contribution in [3.8, 4) is 11.3 Å². The summed E-state index contributed by atoms with van der Waals surface area (Å²) in [6.45, 7) is 5.99. The number of anilines is 1. The molecule has 5 heterocycles. The molecule has 5 amide bonds. The van der Waals surface area contributed by atoms with Crippen LogP contribution in [-0.2, 0) is 49.9 Å². The monoisotopic (exact) mass is 883 g/mol.